The van der Waals surface area contributed by atoms with Gasteiger partial charge in [-0.25, -0.2) is 0 Å². The van der Waals surface area contributed by atoms with Crippen LogP contribution >= 0.6 is 0 Å². The van der Waals surface area contributed by atoms with Crippen molar-refractivity contribution < 1.29 is 4.79 Å². The van der Waals surface area contributed by atoms with E-state index in [4.69, 9.17) is 0 Å². The standard InChI is InChI=1S/C15H19NO/c1-2-11-5-6-12-10-15(7-3-4-8-15)16-14(17)13(12)9-11/h5-6,9H,2-4,7-8,10H2,1H3,(H,16,17). The van der Waals surface area contributed by atoms with Crippen molar-refractivity contribution in [2.45, 2.75) is 51.0 Å². The average Bonchev–Trinajstić information content (AvgIpc) is 2.77. The smallest absolute Gasteiger partial charge is 0.252 e. The van der Waals surface area contributed by atoms with Crippen molar-refractivity contribution in [2.24, 2.45) is 0 Å². The monoisotopic (exact) mass is 229 g/mol. The number of fused-ring (bicyclic) bond motifs is 1. The number of benzene rings is 1. The molecular formula is C15H19NO. The highest BCUT2D eigenvalue weighted by atomic mass is 16.1. The number of rotatable bonds is 1. The van der Waals surface area contributed by atoms with Crippen LogP contribution in [0.2, 0.25) is 0 Å². The second-order valence-corrected chi connectivity index (χ2v) is 5.46. The number of hydrogen-bond acceptors (Lipinski definition) is 1. The van der Waals surface area contributed by atoms with Crippen molar-refractivity contribution in [3.63, 3.8) is 0 Å². The lowest BCUT2D eigenvalue weighted by Crippen LogP contribution is -2.51. The second kappa shape index (κ2) is 3.86. The van der Waals surface area contributed by atoms with Gasteiger partial charge in [-0.2, -0.15) is 0 Å². The number of amides is 1. The first-order valence-electron chi connectivity index (χ1n) is 6.67. The van der Waals surface area contributed by atoms with Crippen molar-refractivity contribution in [1.29, 1.82) is 0 Å². The molecule has 0 radical (unpaired) electrons. The molecule has 0 unspecified atom stereocenters. The van der Waals surface area contributed by atoms with Gasteiger partial charge in [0, 0.05) is 11.1 Å². The lowest BCUT2D eigenvalue weighted by molar-refractivity contribution is 0.0880. The topological polar surface area (TPSA) is 29.1 Å². The van der Waals surface area contributed by atoms with E-state index in [1.807, 2.05) is 0 Å². The number of carbonyl (C=O) groups is 1. The van der Waals surface area contributed by atoms with Gasteiger partial charge in [0.15, 0.2) is 0 Å². The van der Waals surface area contributed by atoms with Crippen molar-refractivity contribution in [3.05, 3.63) is 34.9 Å². The maximum absolute atomic E-state index is 12.2. The van der Waals surface area contributed by atoms with Gasteiger partial charge in [0.2, 0.25) is 0 Å². The summed E-state index contributed by atoms with van der Waals surface area (Å²) in [5, 5.41) is 3.26. The summed E-state index contributed by atoms with van der Waals surface area (Å²) in [5.41, 5.74) is 3.48. The van der Waals surface area contributed by atoms with E-state index in [1.54, 1.807) is 0 Å². The fourth-order valence-corrected chi connectivity index (χ4v) is 3.28. The highest BCUT2D eigenvalue weighted by molar-refractivity contribution is 5.97. The third-order valence-corrected chi connectivity index (χ3v) is 4.30. The first kappa shape index (κ1) is 10.8. The molecule has 1 amide bonds. The highest BCUT2D eigenvalue weighted by Crippen LogP contribution is 2.36. The summed E-state index contributed by atoms with van der Waals surface area (Å²) in [7, 11) is 0. The minimum Gasteiger partial charge on any atom is -0.346 e. The van der Waals surface area contributed by atoms with E-state index in [-0.39, 0.29) is 11.4 Å². The molecule has 2 aliphatic rings. The van der Waals surface area contributed by atoms with Crippen molar-refractivity contribution >= 4 is 5.91 Å². The summed E-state index contributed by atoms with van der Waals surface area (Å²) >= 11 is 0. The van der Waals surface area contributed by atoms with Crippen LogP contribution in [0.15, 0.2) is 18.2 Å². The predicted octanol–water partition coefficient (Wildman–Crippen LogP) is 2.85. The van der Waals surface area contributed by atoms with Crippen LogP contribution in [0, 0.1) is 0 Å². The quantitative estimate of drug-likeness (QED) is 0.788. The molecule has 2 nitrogen and oxygen atoms in total. The van der Waals surface area contributed by atoms with E-state index in [0.717, 1.165) is 31.2 Å². The van der Waals surface area contributed by atoms with Crippen LogP contribution in [0.3, 0.4) is 0 Å². The molecular weight excluding hydrogens is 210 g/mol. The van der Waals surface area contributed by atoms with Gasteiger partial charge in [-0.05, 0) is 42.9 Å². The molecule has 1 aromatic carbocycles. The van der Waals surface area contributed by atoms with Crippen molar-refractivity contribution in [3.8, 4) is 0 Å². The van der Waals surface area contributed by atoms with Crippen LogP contribution in [0.25, 0.3) is 0 Å². The molecule has 1 aromatic rings. The van der Waals surface area contributed by atoms with Gasteiger partial charge in [0.25, 0.3) is 5.91 Å². The summed E-state index contributed by atoms with van der Waals surface area (Å²) in [4.78, 5) is 12.2. The molecule has 1 heterocycles. The molecule has 90 valence electrons. The molecule has 1 fully saturated rings. The van der Waals surface area contributed by atoms with Gasteiger partial charge in [0.05, 0.1) is 0 Å². The summed E-state index contributed by atoms with van der Waals surface area (Å²) in [6.45, 7) is 2.13. The maximum Gasteiger partial charge on any atom is 0.252 e. The lowest BCUT2D eigenvalue weighted by Gasteiger charge is -2.35. The Balaban J connectivity index is 1.99. The van der Waals surface area contributed by atoms with Gasteiger partial charge in [-0.15, -0.1) is 0 Å². The van der Waals surface area contributed by atoms with Gasteiger partial charge in [-0.1, -0.05) is 31.9 Å². The Morgan fingerprint density at radius 3 is 2.76 bits per heavy atom. The van der Waals surface area contributed by atoms with Crippen LogP contribution in [0.4, 0.5) is 0 Å². The largest absolute Gasteiger partial charge is 0.346 e. The van der Waals surface area contributed by atoms with Crippen molar-refractivity contribution in [1.82, 2.24) is 5.32 Å². The van der Waals surface area contributed by atoms with E-state index < -0.39 is 0 Å². The van der Waals surface area contributed by atoms with Gasteiger partial charge in [0.1, 0.15) is 0 Å². The number of aryl methyl sites for hydroxylation is 1. The maximum atomic E-state index is 12.2. The van der Waals surface area contributed by atoms with Crippen LogP contribution in [0.5, 0.6) is 0 Å². The van der Waals surface area contributed by atoms with E-state index in [0.29, 0.717) is 0 Å². The first-order valence-corrected chi connectivity index (χ1v) is 6.67. The highest BCUT2D eigenvalue weighted by Gasteiger charge is 2.39. The van der Waals surface area contributed by atoms with Gasteiger partial charge >= 0.3 is 0 Å². The van der Waals surface area contributed by atoms with E-state index in [2.05, 4.69) is 30.4 Å². The molecule has 0 saturated heterocycles. The minimum absolute atomic E-state index is 0.0812. The second-order valence-electron chi connectivity index (χ2n) is 5.46. The first-order chi connectivity index (χ1) is 8.22. The number of hydrogen-bond donors (Lipinski definition) is 1. The average molecular weight is 229 g/mol. The number of carbonyl (C=O) groups excluding carboxylic acids is 1. The summed E-state index contributed by atoms with van der Waals surface area (Å²) in [6.07, 6.45) is 6.82. The van der Waals surface area contributed by atoms with Crippen LogP contribution in [-0.2, 0) is 12.8 Å². The SMILES string of the molecule is CCc1ccc2c(c1)C(=O)NC1(CCCC1)C2. The van der Waals surface area contributed by atoms with E-state index in [9.17, 15) is 4.79 Å². The molecule has 2 heteroatoms. The Morgan fingerprint density at radius 2 is 2.06 bits per heavy atom. The third-order valence-electron chi connectivity index (χ3n) is 4.30. The Bertz CT molecular complexity index is 458. The summed E-state index contributed by atoms with van der Waals surface area (Å²) in [5.74, 6) is 0.142. The van der Waals surface area contributed by atoms with Gasteiger partial charge < -0.3 is 5.32 Å². The Hall–Kier alpha value is -1.31. The Labute approximate surface area is 102 Å². The molecule has 17 heavy (non-hydrogen) atoms. The van der Waals surface area contributed by atoms with E-state index >= 15 is 0 Å². The number of nitrogens with one attached hydrogen (secondary N) is 1. The molecule has 1 N–H and O–H groups in total. The summed E-state index contributed by atoms with van der Waals surface area (Å²) in [6, 6.07) is 6.39. The summed E-state index contributed by atoms with van der Waals surface area (Å²) < 4.78 is 0. The van der Waals surface area contributed by atoms with Crippen LogP contribution < -0.4 is 5.32 Å². The molecule has 0 bridgehead atoms. The van der Waals surface area contributed by atoms with E-state index in [1.165, 1.54) is 24.0 Å². The molecule has 1 aliphatic heterocycles. The molecule has 0 atom stereocenters. The fourth-order valence-electron chi connectivity index (χ4n) is 3.28. The zero-order valence-corrected chi connectivity index (χ0v) is 10.4. The molecule has 3 rings (SSSR count). The Morgan fingerprint density at radius 1 is 1.29 bits per heavy atom. The zero-order chi connectivity index (χ0) is 11.9. The lowest BCUT2D eigenvalue weighted by atomic mass is 9.82. The normalized spacial score (nSPS) is 21.4. The van der Waals surface area contributed by atoms with Crippen molar-refractivity contribution in [2.75, 3.05) is 0 Å². The predicted molar refractivity (Wildman–Crippen MR) is 68.2 cm³/mol. The van der Waals surface area contributed by atoms with Crippen LogP contribution in [0.1, 0.15) is 54.1 Å². The minimum atomic E-state index is 0.0812. The molecule has 0 aromatic heterocycles. The fraction of sp³-hybridized carbons (Fsp3) is 0.533. The van der Waals surface area contributed by atoms with Gasteiger partial charge in [-0.3, -0.25) is 4.79 Å². The third kappa shape index (κ3) is 1.76. The zero-order valence-electron chi connectivity index (χ0n) is 10.4. The molecule has 1 spiro atoms. The molecule has 1 aliphatic carbocycles. The molecule has 1 saturated carbocycles. The van der Waals surface area contributed by atoms with Crippen LogP contribution in [-0.4, -0.2) is 11.4 Å². The Kier molecular flexibility index (Phi) is 2.46.